The molecule has 13 heavy (non-hydrogen) atoms. The molecule has 0 amide bonds. The summed E-state index contributed by atoms with van der Waals surface area (Å²) in [6.07, 6.45) is 3.90. The fraction of sp³-hybridized carbons (Fsp3) is 1.00. The predicted octanol–water partition coefficient (Wildman–Crippen LogP) is 2.56. The molecule has 2 fully saturated rings. The molecular formula is C10H17F2N. The van der Waals surface area contributed by atoms with E-state index in [0.29, 0.717) is 5.41 Å². The first-order valence-corrected chi connectivity index (χ1v) is 5.10. The van der Waals surface area contributed by atoms with Gasteiger partial charge in [0.15, 0.2) is 0 Å². The zero-order chi connectivity index (χ0) is 9.53. The summed E-state index contributed by atoms with van der Waals surface area (Å²) in [5, 5.41) is 3.24. The molecule has 0 aromatic heterocycles. The Bertz CT molecular complexity index is 191. The molecule has 2 rings (SSSR count). The molecule has 0 aromatic carbocycles. The van der Waals surface area contributed by atoms with E-state index in [1.165, 1.54) is 19.3 Å². The molecule has 0 aromatic rings. The quantitative estimate of drug-likeness (QED) is 0.719. The van der Waals surface area contributed by atoms with E-state index in [1.807, 2.05) is 0 Å². The van der Waals surface area contributed by atoms with Gasteiger partial charge in [-0.05, 0) is 18.3 Å². The molecule has 0 bridgehead atoms. The van der Waals surface area contributed by atoms with E-state index < -0.39 is 5.92 Å². The first-order chi connectivity index (χ1) is 5.99. The average molecular weight is 189 g/mol. The summed E-state index contributed by atoms with van der Waals surface area (Å²) in [5.74, 6) is -2.38. The Kier molecular flexibility index (Phi) is 2.10. The van der Waals surface area contributed by atoms with E-state index in [1.54, 1.807) is 0 Å². The van der Waals surface area contributed by atoms with Crippen LogP contribution in [0.15, 0.2) is 0 Å². The maximum absolute atomic E-state index is 12.5. The molecule has 0 saturated heterocycles. The monoisotopic (exact) mass is 189 g/mol. The van der Waals surface area contributed by atoms with Crippen LogP contribution in [-0.4, -0.2) is 18.5 Å². The third kappa shape index (κ3) is 2.01. The lowest BCUT2D eigenvalue weighted by atomic mass is 9.70. The molecule has 76 valence electrons. The van der Waals surface area contributed by atoms with Gasteiger partial charge < -0.3 is 5.32 Å². The molecule has 3 heteroatoms. The van der Waals surface area contributed by atoms with Gasteiger partial charge in [0.25, 0.3) is 5.92 Å². The zero-order valence-electron chi connectivity index (χ0n) is 8.08. The summed E-state index contributed by atoms with van der Waals surface area (Å²) in [6, 6.07) is 0.0763. The second kappa shape index (κ2) is 2.91. The number of nitrogens with one attached hydrogen (secondary N) is 1. The molecule has 2 saturated carbocycles. The van der Waals surface area contributed by atoms with Crippen molar-refractivity contribution in [3.63, 3.8) is 0 Å². The van der Waals surface area contributed by atoms with Crippen molar-refractivity contribution in [1.82, 2.24) is 5.32 Å². The third-order valence-electron chi connectivity index (χ3n) is 3.47. The molecule has 0 spiro atoms. The van der Waals surface area contributed by atoms with Gasteiger partial charge in [0.2, 0.25) is 0 Å². The van der Waals surface area contributed by atoms with Crippen LogP contribution in [0.1, 0.15) is 39.0 Å². The van der Waals surface area contributed by atoms with E-state index in [9.17, 15) is 8.78 Å². The van der Waals surface area contributed by atoms with Gasteiger partial charge in [-0.15, -0.1) is 0 Å². The van der Waals surface area contributed by atoms with E-state index in [0.717, 1.165) is 6.54 Å². The number of halogens is 2. The van der Waals surface area contributed by atoms with E-state index >= 15 is 0 Å². The van der Waals surface area contributed by atoms with Crippen LogP contribution in [0.4, 0.5) is 8.78 Å². The van der Waals surface area contributed by atoms with Crippen LogP contribution in [0.3, 0.4) is 0 Å². The SMILES string of the molecule is CC1(CNC2CC(F)(F)C2)CCC1. The molecule has 0 unspecified atom stereocenters. The first kappa shape index (κ1) is 9.38. The molecule has 1 nitrogen and oxygen atoms in total. The Labute approximate surface area is 77.9 Å². The fourth-order valence-corrected chi connectivity index (χ4v) is 2.15. The van der Waals surface area contributed by atoms with E-state index in [2.05, 4.69) is 12.2 Å². The van der Waals surface area contributed by atoms with Crippen molar-refractivity contribution in [3.8, 4) is 0 Å². The minimum atomic E-state index is -2.38. The summed E-state index contributed by atoms with van der Waals surface area (Å²) in [5.41, 5.74) is 0.408. The summed E-state index contributed by atoms with van der Waals surface area (Å²) in [6.45, 7) is 3.16. The Hall–Kier alpha value is -0.180. The van der Waals surface area contributed by atoms with Crippen molar-refractivity contribution in [2.24, 2.45) is 5.41 Å². The standard InChI is InChI=1S/C10H17F2N/c1-9(3-2-4-9)7-13-8-5-10(11,12)6-8/h8,13H,2-7H2,1H3. The second-order valence-corrected chi connectivity index (χ2v) is 5.01. The van der Waals surface area contributed by atoms with Gasteiger partial charge in [0.05, 0.1) is 0 Å². The average Bonchev–Trinajstić information content (AvgIpc) is 1.93. The van der Waals surface area contributed by atoms with Crippen LogP contribution >= 0.6 is 0 Å². The van der Waals surface area contributed by atoms with Crippen molar-refractivity contribution in [2.45, 2.75) is 51.0 Å². The highest BCUT2D eigenvalue weighted by Gasteiger charge is 2.45. The Morgan fingerprint density at radius 2 is 1.92 bits per heavy atom. The van der Waals surface area contributed by atoms with Crippen molar-refractivity contribution in [3.05, 3.63) is 0 Å². The number of alkyl halides is 2. The summed E-state index contributed by atoms with van der Waals surface area (Å²) in [4.78, 5) is 0. The lowest BCUT2D eigenvalue weighted by Crippen LogP contribution is -2.52. The Morgan fingerprint density at radius 3 is 2.31 bits per heavy atom. The van der Waals surface area contributed by atoms with Gasteiger partial charge in [0.1, 0.15) is 0 Å². The van der Waals surface area contributed by atoms with Crippen molar-refractivity contribution >= 4 is 0 Å². The molecule has 0 heterocycles. The van der Waals surface area contributed by atoms with Gasteiger partial charge in [-0.2, -0.15) is 0 Å². The normalized spacial score (nSPS) is 30.7. The van der Waals surface area contributed by atoms with Crippen LogP contribution in [0.25, 0.3) is 0 Å². The molecule has 0 atom stereocenters. The molecular weight excluding hydrogens is 172 g/mol. The third-order valence-corrected chi connectivity index (χ3v) is 3.47. The van der Waals surface area contributed by atoms with Crippen molar-refractivity contribution in [1.29, 1.82) is 0 Å². The zero-order valence-corrected chi connectivity index (χ0v) is 8.08. The number of rotatable bonds is 3. The number of hydrogen-bond acceptors (Lipinski definition) is 1. The van der Waals surface area contributed by atoms with Crippen molar-refractivity contribution < 1.29 is 8.78 Å². The predicted molar refractivity (Wildman–Crippen MR) is 47.9 cm³/mol. The molecule has 1 N–H and O–H groups in total. The van der Waals surface area contributed by atoms with Gasteiger partial charge in [-0.1, -0.05) is 13.3 Å². The fourth-order valence-electron chi connectivity index (χ4n) is 2.15. The summed E-state index contributed by atoms with van der Waals surface area (Å²) in [7, 11) is 0. The maximum Gasteiger partial charge on any atom is 0.251 e. The number of hydrogen-bond donors (Lipinski definition) is 1. The van der Waals surface area contributed by atoms with Crippen LogP contribution in [0.2, 0.25) is 0 Å². The van der Waals surface area contributed by atoms with Crippen LogP contribution < -0.4 is 5.32 Å². The Balaban J connectivity index is 1.65. The molecule has 2 aliphatic carbocycles. The minimum absolute atomic E-state index is 0.0447. The first-order valence-electron chi connectivity index (χ1n) is 5.10. The van der Waals surface area contributed by atoms with Gasteiger partial charge in [-0.25, -0.2) is 8.78 Å². The van der Waals surface area contributed by atoms with Gasteiger partial charge in [0, 0.05) is 25.4 Å². The van der Waals surface area contributed by atoms with Crippen molar-refractivity contribution in [2.75, 3.05) is 6.54 Å². The molecule has 0 aliphatic heterocycles. The van der Waals surface area contributed by atoms with Crippen LogP contribution in [0.5, 0.6) is 0 Å². The van der Waals surface area contributed by atoms with E-state index in [-0.39, 0.29) is 18.9 Å². The lowest BCUT2D eigenvalue weighted by Gasteiger charge is -2.42. The minimum Gasteiger partial charge on any atom is -0.313 e. The highest BCUT2D eigenvalue weighted by atomic mass is 19.3. The highest BCUT2D eigenvalue weighted by molar-refractivity contribution is 4.94. The highest BCUT2D eigenvalue weighted by Crippen LogP contribution is 2.41. The Morgan fingerprint density at radius 1 is 1.31 bits per heavy atom. The smallest absolute Gasteiger partial charge is 0.251 e. The van der Waals surface area contributed by atoms with Crippen LogP contribution in [-0.2, 0) is 0 Å². The summed E-state index contributed by atoms with van der Waals surface area (Å²) >= 11 is 0. The summed E-state index contributed by atoms with van der Waals surface area (Å²) < 4.78 is 24.9. The maximum atomic E-state index is 12.5. The van der Waals surface area contributed by atoms with Crippen LogP contribution in [0, 0.1) is 5.41 Å². The molecule has 2 aliphatic rings. The largest absolute Gasteiger partial charge is 0.313 e. The topological polar surface area (TPSA) is 12.0 Å². The van der Waals surface area contributed by atoms with Gasteiger partial charge in [-0.3, -0.25) is 0 Å². The lowest BCUT2D eigenvalue weighted by molar-refractivity contribution is -0.0951. The van der Waals surface area contributed by atoms with Gasteiger partial charge >= 0.3 is 0 Å². The van der Waals surface area contributed by atoms with E-state index in [4.69, 9.17) is 0 Å². The molecule has 0 radical (unpaired) electrons. The second-order valence-electron chi connectivity index (χ2n) is 5.01.